The summed E-state index contributed by atoms with van der Waals surface area (Å²) in [4.78, 5) is 36.6. The molecule has 0 radical (unpaired) electrons. The molecule has 2 heterocycles. The lowest BCUT2D eigenvalue weighted by Gasteiger charge is -2.41. The molecule has 0 bridgehead atoms. The third-order valence-electron chi connectivity index (χ3n) is 5.34. The number of nitrogens with zero attached hydrogens (tertiary/aromatic N) is 3. The molecule has 1 fully saturated rings. The van der Waals surface area contributed by atoms with Crippen LogP contribution in [0.2, 0.25) is 0 Å². The summed E-state index contributed by atoms with van der Waals surface area (Å²) in [5.74, 6) is 0.653. The number of aromatic nitrogens is 2. The summed E-state index contributed by atoms with van der Waals surface area (Å²) in [5, 5.41) is 0. The third-order valence-corrected chi connectivity index (χ3v) is 5.34. The molecule has 144 valence electrons. The molecule has 1 aromatic heterocycles. The van der Waals surface area contributed by atoms with Crippen LogP contribution in [0.1, 0.15) is 36.5 Å². The van der Waals surface area contributed by atoms with E-state index in [0.29, 0.717) is 30.0 Å². The molecule has 0 unspecified atom stereocenters. The highest BCUT2D eigenvalue weighted by Crippen LogP contribution is 2.23. The van der Waals surface area contributed by atoms with Crippen molar-refractivity contribution in [1.82, 2.24) is 14.9 Å². The number of para-hydroxylation sites is 1. The summed E-state index contributed by atoms with van der Waals surface area (Å²) in [6.45, 7) is 10.2. The van der Waals surface area contributed by atoms with Crippen LogP contribution in [0.3, 0.4) is 0 Å². The fraction of sp³-hybridized carbons (Fsp3) is 0.476. The van der Waals surface area contributed by atoms with Crippen molar-refractivity contribution >= 4 is 11.6 Å². The first-order valence-corrected chi connectivity index (χ1v) is 9.59. The number of carbonyl (C=O) groups excluding carboxylic acids is 1. The number of piperazine rings is 1. The quantitative estimate of drug-likeness (QED) is 0.898. The predicted molar refractivity (Wildman–Crippen MR) is 107 cm³/mol. The Morgan fingerprint density at radius 3 is 2.63 bits per heavy atom. The van der Waals surface area contributed by atoms with Gasteiger partial charge in [0.2, 0.25) is 5.91 Å². The van der Waals surface area contributed by atoms with Crippen molar-refractivity contribution in [2.45, 2.75) is 46.6 Å². The van der Waals surface area contributed by atoms with Crippen LogP contribution in [0.25, 0.3) is 0 Å². The standard InChI is InChI=1S/C21H28N4O2/c1-5-19-22-16(4)17(21(27)23-19)12-20(26)25-11-10-24(13-15(25)3)18-9-7-6-8-14(18)2/h6-9,15H,5,10-13H2,1-4H3,(H,22,23,27)/t15-/m0/s1. The van der Waals surface area contributed by atoms with Crippen LogP contribution >= 0.6 is 0 Å². The average molecular weight is 368 g/mol. The van der Waals surface area contributed by atoms with Crippen LogP contribution in [0.4, 0.5) is 5.69 Å². The molecule has 1 aliphatic heterocycles. The van der Waals surface area contributed by atoms with E-state index in [9.17, 15) is 9.59 Å². The van der Waals surface area contributed by atoms with Crippen LogP contribution < -0.4 is 10.5 Å². The second-order valence-corrected chi connectivity index (χ2v) is 7.28. The lowest BCUT2D eigenvalue weighted by molar-refractivity contribution is -0.132. The summed E-state index contributed by atoms with van der Waals surface area (Å²) < 4.78 is 0. The number of carbonyl (C=O) groups is 1. The van der Waals surface area contributed by atoms with Gasteiger partial charge in [-0.05, 0) is 32.4 Å². The SMILES string of the molecule is CCc1nc(C)c(CC(=O)N2CCN(c3ccccc3C)C[C@@H]2C)c(=O)[nH]1. The zero-order valence-electron chi connectivity index (χ0n) is 16.6. The molecule has 27 heavy (non-hydrogen) atoms. The van der Waals surface area contributed by atoms with E-state index in [-0.39, 0.29) is 23.9 Å². The zero-order chi connectivity index (χ0) is 19.6. The smallest absolute Gasteiger partial charge is 0.254 e. The average Bonchev–Trinajstić information content (AvgIpc) is 2.64. The lowest BCUT2D eigenvalue weighted by Crippen LogP contribution is -2.54. The first kappa shape index (κ1) is 19.1. The molecule has 2 aromatic rings. The minimum atomic E-state index is -0.195. The molecule has 1 aromatic carbocycles. The molecule has 0 spiro atoms. The van der Waals surface area contributed by atoms with E-state index in [4.69, 9.17) is 0 Å². The maximum atomic E-state index is 12.9. The number of nitrogens with one attached hydrogen (secondary N) is 1. The molecule has 1 saturated heterocycles. The van der Waals surface area contributed by atoms with E-state index in [1.807, 2.05) is 24.0 Å². The van der Waals surface area contributed by atoms with Crippen LogP contribution in [-0.4, -0.2) is 46.5 Å². The Kier molecular flexibility index (Phi) is 5.63. The van der Waals surface area contributed by atoms with Gasteiger partial charge < -0.3 is 14.8 Å². The van der Waals surface area contributed by atoms with Crippen molar-refractivity contribution in [3.05, 3.63) is 57.3 Å². The van der Waals surface area contributed by atoms with Crippen molar-refractivity contribution in [3.8, 4) is 0 Å². The second-order valence-electron chi connectivity index (χ2n) is 7.28. The molecule has 1 amide bonds. The van der Waals surface area contributed by atoms with Crippen molar-refractivity contribution in [3.63, 3.8) is 0 Å². The molecule has 6 nitrogen and oxygen atoms in total. The van der Waals surface area contributed by atoms with E-state index >= 15 is 0 Å². The van der Waals surface area contributed by atoms with Gasteiger partial charge in [0.25, 0.3) is 5.56 Å². The zero-order valence-corrected chi connectivity index (χ0v) is 16.6. The Morgan fingerprint density at radius 1 is 1.26 bits per heavy atom. The van der Waals surface area contributed by atoms with E-state index in [2.05, 4.69) is 40.8 Å². The number of rotatable bonds is 4. The molecule has 1 N–H and O–H groups in total. The highest BCUT2D eigenvalue weighted by molar-refractivity contribution is 5.79. The molecule has 0 aliphatic carbocycles. The number of anilines is 1. The van der Waals surface area contributed by atoms with Gasteiger partial charge in [-0.25, -0.2) is 4.98 Å². The number of aryl methyl sites for hydroxylation is 3. The summed E-state index contributed by atoms with van der Waals surface area (Å²) in [7, 11) is 0. The van der Waals surface area contributed by atoms with Gasteiger partial charge in [0.05, 0.1) is 6.42 Å². The third kappa shape index (κ3) is 4.04. The summed E-state index contributed by atoms with van der Waals surface area (Å²) >= 11 is 0. The van der Waals surface area contributed by atoms with E-state index in [0.717, 1.165) is 13.1 Å². The topological polar surface area (TPSA) is 69.3 Å². The Balaban J connectivity index is 1.71. The molecule has 1 atom stereocenters. The van der Waals surface area contributed by atoms with Crippen molar-refractivity contribution < 1.29 is 4.79 Å². The molecule has 0 saturated carbocycles. The Bertz CT molecular complexity index is 890. The number of hydrogen-bond acceptors (Lipinski definition) is 4. The van der Waals surface area contributed by atoms with Gasteiger partial charge in [-0.15, -0.1) is 0 Å². The number of benzene rings is 1. The molecule has 3 rings (SSSR count). The first-order valence-electron chi connectivity index (χ1n) is 9.59. The van der Waals surface area contributed by atoms with E-state index in [1.165, 1.54) is 11.3 Å². The van der Waals surface area contributed by atoms with Crippen LogP contribution in [-0.2, 0) is 17.6 Å². The highest BCUT2D eigenvalue weighted by atomic mass is 16.2. The van der Waals surface area contributed by atoms with Gasteiger partial charge in [-0.2, -0.15) is 0 Å². The molecular weight excluding hydrogens is 340 g/mol. The molecule has 6 heteroatoms. The fourth-order valence-corrected chi connectivity index (χ4v) is 3.76. The minimum Gasteiger partial charge on any atom is -0.367 e. The van der Waals surface area contributed by atoms with E-state index < -0.39 is 0 Å². The Labute approximate surface area is 160 Å². The van der Waals surface area contributed by atoms with Crippen LogP contribution in [0.15, 0.2) is 29.1 Å². The van der Waals surface area contributed by atoms with Crippen molar-refractivity contribution in [2.75, 3.05) is 24.5 Å². The van der Waals surface area contributed by atoms with Gasteiger partial charge in [-0.1, -0.05) is 25.1 Å². The minimum absolute atomic E-state index is 0.00779. The Morgan fingerprint density at radius 2 is 2.00 bits per heavy atom. The number of amides is 1. The van der Waals surface area contributed by atoms with Gasteiger partial charge in [0.15, 0.2) is 0 Å². The first-order chi connectivity index (χ1) is 12.9. The molecule has 1 aliphatic rings. The maximum Gasteiger partial charge on any atom is 0.254 e. The second kappa shape index (κ2) is 7.94. The highest BCUT2D eigenvalue weighted by Gasteiger charge is 2.28. The number of H-pyrrole nitrogens is 1. The summed E-state index contributed by atoms with van der Waals surface area (Å²) in [6, 6.07) is 8.42. The monoisotopic (exact) mass is 368 g/mol. The fourth-order valence-electron chi connectivity index (χ4n) is 3.76. The summed E-state index contributed by atoms with van der Waals surface area (Å²) in [5.41, 5.74) is 3.40. The molecular formula is C21H28N4O2. The van der Waals surface area contributed by atoms with Crippen molar-refractivity contribution in [2.24, 2.45) is 0 Å². The number of hydrogen-bond donors (Lipinski definition) is 1. The normalized spacial score (nSPS) is 17.3. The predicted octanol–water partition coefficient (Wildman–Crippen LogP) is 2.23. The van der Waals surface area contributed by atoms with Gasteiger partial charge in [-0.3, -0.25) is 9.59 Å². The van der Waals surface area contributed by atoms with Gasteiger partial charge in [0, 0.05) is 49.0 Å². The maximum absolute atomic E-state index is 12.9. The van der Waals surface area contributed by atoms with Crippen LogP contribution in [0, 0.1) is 13.8 Å². The van der Waals surface area contributed by atoms with E-state index in [1.54, 1.807) is 6.92 Å². The van der Waals surface area contributed by atoms with Gasteiger partial charge in [0.1, 0.15) is 5.82 Å². The Hall–Kier alpha value is -2.63. The largest absolute Gasteiger partial charge is 0.367 e. The van der Waals surface area contributed by atoms with Crippen LogP contribution in [0.5, 0.6) is 0 Å². The van der Waals surface area contributed by atoms with Gasteiger partial charge >= 0.3 is 0 Å². The summed E-state index contributed by atoms with van der Waals surface area (Å²) in [6.07, 6.45) is 0.773. The lowest BCUT2D eigenvalue weighted by atomic mass is 10.1. The van der Waals surface area contributed by atoms with Crippen molar-refractivity contribution in [1.29, 1.82) is 0 Å². The number of aromatic amines is 1.